The van der Waals surface area contributed by atoms with Crippen LogP contribution in [0.2, 0.25) is 10.0 Å². The summed E-state index contributed by atoms with van der Waals surface area (Å²) in [6.45, 7) is 0.836. The fourth-order valence-electron chi connectivity index (χ4n) is 1.62. The van der Waals surface area contributed by atoms with Gasteiger partial charge in [0.1, 0.15) is 5.69 Å². The van der Waals surface area contributed by atoms with Crippen LogP contribution in [-0.2, 0) is 4.74 Å². The number of halogens is 2. The second-order valence-electron chi connectivity index (χ2n) is 4.26. The van der Waals surface area contributed by atoms with Gasteiger partial charge in [0.05, 0.1) is 17.3 Å². The number of benzene rings is 1. The summed E-state index contributed by atoms with van der Waals surface area (Å²) in [5.41, 5.74) is 0.804. The fraction of sp³-hybridized carbons (Fsp3) is 0.214. The largest absolute Gasteiger partial charge is 0.383 e. The minimum absolute atomic E-state index is 0.242. The van der Waals surface area contributed by atoms with E-state index >= 15 is 0 Å². The number of carbonyl (C=O) groups is 1. The van der Waals surface area contributed by atoms with E-state index in [1.54, 1.807) is 25.3 Å². The number of amides is 1. The zero-order chi connectivity index (χ0) is 15.9. The molecule has 1 aromatic heterocycles. The summed E-state index contributed by atoms with van der Waals surface area (Å²) in [5, 5.41) is 6.62. The van der Waals surface area contributed by atoms with Gasteiger partial charge in [-0.15, -0.1) is 0 Å². The Hall–Kier alpha value is -1.89. The Balaban J connectivity index is 2.11. The molecule has 1 heterocycles. The molecule has 0 spiro atoms. The second-order valence-corrected chi connectivity index (χ2v) is 5.11. The van der Waals surface area contributed by atoms with E-state index in [2.05, 4.69) is 20.6 Å². The molecule has 0 fully saturated rings. The van der Waals surface area contributed by atoms with E-state index in [1.165, 1.54) is 12.3 Å². The van der Waals surface area contributed by atoms with Gasteiger partial charge in [0.15, 0.2) is 0 Å². The number of nitrogens with zero attached hydrogens (tertiary/aromatic N) is 2. The summed E-state index contributed by atoms with van der Waals surface area (Å²) in [6.07, 6.45) is 1.49. The average Bonchev–Trinajstić information content (AvgIpc) is 2.51. The van der Waals surface area contributed by atoms with Crippen LogP contribution in [0.4, 0.5) is 11.6 Å². The van der Waals surface area contributed by atoms with Crippen LogP contribution < -0.4 is 10.6 Å². The van der Waals surface area contributed by atoms with Gasteiger partial charge in [-0.3, -0.25) is 4.79 Å². The summed E-state index contributed by atoms with van der Waals surface area (Å²) in [5.74, 6) is -0.0525. The molecule has 0 aliphatic heterocycles. The molecule has 22 heavy (non-hydrogen) atoms. The molecular weight excluding hydrogens is 327 g/mol. The summed E-state index contributed by atoms with van der Waals surface area (Å²) in [4.78, 5) is 20.1. The van der Waals surface area contributed by atoms with Crippen molar-refractivity contribution in [1.82, 2.24) is 15.3 Å². The monoisotopic (exact) mass is 340 g/mol. The van der Waals surface area contributed by atoms with Crippen molar-refractivity contribution in [2.75, 3.05) is 25.6 Å². The quantitative estimate of drug-likeness (QED) is 0.790. The Kier molecular flexibility index (Phi) is 5.94. The molecular formula is C14H14Cl2N4O2. The number of aromatic nitrogens is 2. The maximum Gasteiger partial charge on any atom is 0.270 e. The van der Waals surface area contributed by atoms with Crippen molar-refractivity contribution in [1.29, 1.82) is 0 Å². The fourth-order valence-corrected chi connectivity index (χ4v) is 1.95. The van der Waals surface area contributed by atoms with Gasteiger partial charge < -0.3 is 15.4 Å². The molecule has 2 rings (SSSR count). The highest BCUT2D eigenvalue weighted by atomic mass is 35.5. The minimum atomic E-state index is -0.306. The third kappa shape index (κ3) is 4.56. The smallest absolute Gasteiger partial charge is 0.270 e. The van der Waals surface area contributed by atoms with E-state index in [4.69, 9.17) is 27.9 Å². The van der Waals surface area contributed by atoms with Crippen LogP contribution in [0, 0.1) is 0 Å². The Bertz CT molecular complexity index is 667. The number of nitrogens with one attached hydrogen (secondary N) is 2. The van der Waals surface area contributed by atoms with Crippen molar-refractivity contribution in [3.8, 4) is 0 Å². The summed E-state index contributed by atoms with van der Waals surface area (Å²) in [6, 6.07) is 6.51. The minimum Gasteiger partial charge on any atom is -0.383 e. The number of carbonyl (C=O) groups excluding carboxylic acids is 1. The number of methoxy groups -OCH3 is 1. The van der Waals surface area contributed by atoms with E-state index in [0.717, 1.165) is 0 Å². The maximum atomic E-state index is 11.9. The van der Waals surface area contributed by atoms with Crippen molar-refractivity contribution in [2.45, 2.75) is 0 Å². The predicted molar refractivity (Wildman–Crippen MR) is 86.0 cm³/mol. The Morgan fingerprint density at radius 1 is 1.32 bits per heavy atom. The van der Waals surface area contributed by atoms with Crippen LogP contribution in [0.1, 0.15) is 10.5 Å². The molecule has 6 nitrogen and oxygen atoms in total. The molecule has 1 amide bonds. The number of ether oxygens (including phenoxy) is 1. The van der Waals surface area contributed by atoms with Crippen molar-refractivity contribution in [2.24, 2.45) is 0 Å². The van der Waals surface area contributed by atoms with Gasteiger partial charge in [-0.1, -0.05) is 23.2 Å². The molecule has 0 radical (unpaired) electrons. The van der Waals surface area contributed by atoms with Crippen LogP contribution in [0.3, 0.4) is 0 Å². The number of hydrogen-bond acceptors (Lipinski definition) is 5. The van der Waals surface area contributed by atoms with Gasteiger partial charge in [-0.25, -0.2) is 9.97 Å². The number of hydrogen-bond donors (Lipinski definition) is 2. The molecule has 0 aliphatic carbocycles. The first-order valence-electron chi connectivity index (χ1n) is 6.42. The molecule has 0 aliphatic rings. The normalized spacial score (nSPS) is 10.3. The maximum absolute atomic E-state index is 11.9. The van der Waals surface area contributed by atoms with E-state index in [0.29, 0.717) is 28.9 Å². The highest BCUT2D eigenvalue weighted by Gasteiger charge is 2.09. The summed E-state index contributed by atoms with van der Waals surface area (Å²) in [7, 11) is 1.56. The van der Waals surface area contributed by atoms with Crippen LogP contribution in [0.15, 0.2) is 30.5 Å². The van der Waals surface area contributed by atoms with Crippen LogP contribution in [0.25, 0.3) is 0 Å². The highest BCUT2D eigenvalue weighted by molar-refractivity contribution is 6.35. The third-order valence-electron chi connectivity index (χ3n) is 2.65. The van der Waals surface area contributed by atoms with E-state index < -0.39 is 0 Å². The first-order valence-corrected chi connectivity index (χ1v) is 7.18. The van der Waals surface area contributed by atoms with Gasteiger partial charge >= 0.3 is 0 Å². The Morgan fingerprint density at radius 3 is 2.91 bits per heavy atom. The standard InChI is InChI=1S/C14H14Cl2N4O2/c1-22-7-6-17-13(21)11-4-5-18-14(19-11)20-12-8-9(15)2-3-10(12)16/h2-5,8H,6-7H2,1H3,(H,17,21)(H,18,19,20). The van der Waals surface area contributed by atoms with Crippen LogP contribution >= 0.6 is 23.2 Å². The average molecular weight is 341 g/mol. The molecule has 1 aromatic carbocycles. The zero-order valence-electron chi connectivity index (χ0n) is 11.8. The number of rotatable bonds is 6. The lowest BCUT2D eigenvalue weighted by Crippen LogP contribution is -2.27. The highest BCUT2D eigenvalue weighted by Crippen LogP contribution is 2.27. The zero-order valence-corrected chi connectivity index (χ0v) is 13.3. The van der Waals surface area contributed by atoms with Gasteiger partial charge in [0, 0.05) is 24.9 Å². The first-order chi connectivity index (χ1) is 10.6. The Morgan fingerprint density at radius 2 is 2.14 bits per heavy atom. The van der Waals surface area contributed by atoms with Gasteiger partial charge in [0.2, 0.25) is 5.95 Å². The topological polar surface area (TPSA) is 76.1 Å². The molecule has 0 saturated heterocycles. The number of anilines is 2. The van der Waals surface area contributed by atoms with Gasteiger partial charge in [0.25, 0.3) is 5.91 Å². The van der Waals surface area contributed by atoms with Crippen molar-refractivity contribution < 1.29 is 9.53 Å². The lowest BCUT2D eigenvalue weighted by atomic mass is 10.3. The van der Waals surface area contributed by atoms with Crippen molar-refractivity contribution in [3.05, 3.63) is 46.2 Å². The first kappa shape index (κ1) is 16.5. The van der Waals surface area contributed by atoms with E-state index in [1.807, 2.05) is 0 Å². The van der Waals surface area contributed by atoms with Crippen LogP contribution in [-0.4, -0.2) is 36.1 Å². The van der Waals surface area contributed by atoms with Crippen molar-refractivity contribution in [3.63, 3.8) is 0 Å². The second kappa shape index (κ2) is 7.93. The third-order valence-corrected chi connectivity index (χ3v) is 3.22. The van der Waals surface area contributed by atoms with Crippen LogP contribution in [0.5, 0.6) is 0 Å². The summed E-state index contributed by atoms with van der Waals surface area (Å²) < 4.78 is 4.87. The van der Waals surface area contributed by atoms with E-state index in [9.17, 15) is 4.79 Å². The lowest BCUT2D eigenvalue weighted by molar-refractivity contribution is 0.0932. The van der Waals surface area contributed by atoms with E-state index in [-0.39, 0.29) is 17.5 Å². The molecule has 116 valence electrons. The molecule has 2 N–H and O–H groups in total. The molecule has 8 heteroatoms. The molecule has 0 unspecified atom stereocenters. The summed E-state index contributed by atoms with van der Waals surface area (Å²) >= 11 is 12.0. The predicted octanol–water partition coefficient (Wildman–Crippen LogP) is 2.90. The SMILES string of the molecule is COCCNC(=O)c1ccnc(Nc2cc(Cl)ccc2Cl)n1. The molecule has 2 aromatic rings. The molecule has 0 bridgehead atoms. The molecule has 0 atom stereocenters. The lowest BCUT2D eigenvalue weighted by Gasteiger charge is -2.08. The van der Waals surface area contributed by atoms with Crippen molar-refractivity contribution >= 4 is 40.7 Å². The molecule has 0 saturated carbocycles. The van der Waals surface area contributed by atoms with Gasteiger partial charge in [-0.2, -0.15) is 0 Å². The Labute approximate surface area is 137 Å². The van der Waals surface area contributed by atoms with Gasteiger partial charge in [-0.05, 0) is 24.3 Å².